The van der Waals surface area contributed by atoms with Crippen LogP contribution < -0.4 is 5.73 Å². The highest BCUT2D eigenvalue weighted by Crippen LogP contribution is 1.95. The summed E-state index contributed by atoms with van der Waals surface area (Å²) in [6.07, 6.45) is 0.372. The summed E-state index contributed by atoms with van der Waals surface area (Å²) in [7, 11) is 3.89. The Morgan fingerprint density at radius 3 is 2.00 bits per heavy atom. The van der Waals surface area contributed by atoms with Crippen molar-refractivity contribution >= 4 is 0 Å². The minimum atomic E-state index is -0.359. The van der Waals surface area contributed by atoms with E-state index >= 15 is 0 Å². The SMILES string of the molecule is CC.CCC(O)C(N)CN(C)C. The first-order valence-corrected chi connectivity index (χ1v) is 4.66. The summed E-state index contributed by atoms with van der Waals surface area (Å²) >= 11 is 0. The molecule has 0 fully saturated rings. The maximum atomic E-state index is 9.22. The molecule has 0 rings (SSSR count). The summed E-state index contributed by atoms with van der Waals surface area (Å²) in [4.78, 5) is 1.98. The number of likely N-dealkylation sites (N-methyl/N-ethyl adjacent to an activating group) is 1. The van der Waals surface area contributed by atoms with Gasteiger partial charge in [-0.25, -0.2) is 0 Å². The number of nitrogens with two attached hydrogens (primary N) is 1. The third-order valence-electron chi connectivity index (χ3n) is 1.49. The maximum Gasteiger partial charge on any atom is 0.0701 e. The fraction of sp³-hybridized carbons (Fsp3) is 1.00. The van der Waals surface area contributed by atoms with E-state index in [0.717, 1.165) is 13.0 Å². The lowest BCUT2D eigenvalue weighted by molar-refractivity contribution is 0.126. The van der Waals surface area contributed by atoms with Gasteiger partial charge in [0, 0.05) is 12.6 Å². The molecule has 3 heteroatoms. The van der Waals surface area contributed by atoms with Crippen LogP contribution in [0.2, 0.25) is 0 Å². The van der Waals surface area contributed by atoms with Crippen LogP contribution in [0.5, 0.6) is 0 Å². The van der Waals surface area contributed by atoms with Crippen molar-refractivity contribution in [2.45, 2.75) is 39.3 Å². The second-order valence-electron chi connectivity index (χ2n) is 2.90. The molecular formula is C9H24N2O. The average Bonchev–Trinajstić information content (AvgIpc) is 2.05. The topological polar surface area (TPSA) is 49.5 Å². The van der Waals surface area contributed by atoms with Crippen LogP contribution in [0.4, 0.5) is 0 Å². The number of nitrogens with zero attached hydrogens (tertiary/aromatic N) is 1. The first-order valence-electron chi connectivity index (χ1n) is 4.66. The summed E-state index contributed by atoms with van der Waals surface area (Å²) in [6, 6.07) is -0.111. The van der Waals surface area contributed by atoms with Crippen molar-refractivity contribution in [3.8, 4) is 0 Å². The molecule has 0 aliphatic heterocycles. The van der Waals surface area contributed by atoms with E-state index in [-0.39, 0.29) is 12.1 Å². The van der Waals surface area contributed by atoms with Gasteiger partial charge in [0.2, 0.25) is 0 Å². The predicted molar refractivity (Wildman–Crippen MR) is 54.2 cm³/mol. The third kappa shape index (κ3) is 7.98. The molecule has 0 aliphatic carbocycles. The van der Waals surface area contributed by atoms with Gasteiger partial charge in [-0.3, -0.25) is 0 Å². The van der Waals surface area contributed by atoms with Crippen LogP contribution in [-0.4, -0.2) is 42.8 Å². The highest BCUT2D eigenvalue weighted by atomic mass is 16.3. The lowest BCUT2D eigenvalue weighted by atomic mass is 10.1. The molecule has 0 saturated heterocycles. The van der Waals surface area contributed by atoms with E-state index in [4.69, 9.17) is 5.73 Å². The molecule has 0 bridgehead atoms. The van der Waals surface area contributed by atoms with Gasteiger partial charge in [-0.1, -0.05) is 20.8 Å². The molecule has 3 N–H and O–H groups in total. The lowest BCUT2D eigenvalue weighted by Crippen LogP contribution is -2.42. The maximum absolute atomic E-state index is 9.22. The lowest BCUT2D eigenvalue weighted by Gasteiger charge is -2.20. The molecular weight excluding hydrogens is 152 g/mol. The van der Waals surface area contributed by atoms with Gasteiger partial charge in [0.1, 0.15) is 0 Å². The Balaban J connectivity index is 0. The first-order chi connectivity index (χ1) is 5.57. The van der Waals surface area contributed by atoms with Crippen molar-refractivity contribution in [1.29, 1.82) is 0 Å². The molecule has 3 nitrogen and oxygen atoms in total. The molecule has 76 valence electrons. The molecule has 0 saturated carbocycles. The second-order valence-corrected chi connectivity index (χ2v) is 2.90. The van der Waals surface area contributed by atoms with Crippen molar-refractivity contribution < 1.29 is 5.11 Å². The van der Waals surface area contributed by atoms with Crippen LogP contribution in [0, 0.1) is 0 Å². The van der Waals surface area contributed by atoms with Crippen molar-refractivity contribution in [2.75, 3.05) is 20.6 Å². The zero-order chi connectivity index (χ0) is 10.1. The second kappa shape index (κ2) is 8.97. The Bertz CT molecular complexity index is 86.6. The van der Waals surface area contributed by atoms with Gasteiger partial charge in [-0.15, -0.1) is 0 Å². The van der Waals surface area contributed by atoms with Crippen LogP contribution >= 0.6 is 0 Å². The molecule has 0 amide bonds. The molecule has 0 heterocycles. The minimum absolute atomic E-state index is 0.111. The van der Waals surface area contributed by atoms with Crippen LogP contribution in [0.25, 0.3) is 0 Å². The number of hydrogen-bond donors (Lipinski definition) is 2. The van der Waals surface area contributed by atoms with Gasteiger partial charge in [-0.2, -0.15) is 0 Å². The summed E-state index contributed by atoms with van der Waals surface area (Å²) in [5.74, 6) is 0. The Morgan fingerprint density at radius 2 is 1.75 bits per heavy atom. The largest absolute Gasteiger partial charge is 0.391 e. The van der Waals surface area contributed by atoms with Gasteiger partial charge in [0.25, 0.3) is 0 Å². The Morgan fingerprint density at radius 1 is 1.33 bits per heavy atom. The molecule has 0 spiro atoms. The number of hydrogen-bond acceptors (Lipinski definition) is 3. The fourth-order valence-electron chi connectivity index (χ4n) is 0.846. The van der Waals surface area contributed by atoms with Gasteiger partial charge in [-0.05, 0) is 20.5 Å². The highest BCUT2D eigenvalue weighted by Gasteiger charge is 2.12. The Kier molecular flexibility index (Phi) is 10.8. The van der Waals surface area contributed by atoms with Gasteiger partial charge < -0.3 is 15.7 Å². The van der Waals surface area contributed by atoms with Crippen molar-refractivity contribution in [2.24, 2.45) is 5.73 Å². The zero-order valence-corrected chi connectivity index (χ0v) is 9.04. The summed E-state index contributed by atoms with van der Waals surface area (Å²) in [6.45, 7) is 6.68. The van der Waals surface area contributed by atoms with E-state index in [9.17, 15) is 5.11 Å². The van der Waals surface area contributed by atoms with E-state index in [2.05, 4.69) is 0 Å². The van der Waals surface area contributed by atoms with E-state index < -0.39 is 0 Å². The minimum Gasteiger partial charge on any atom is -0.391 e. The summed E-state index contributed by atoms with van der Waals surface area (Å²) in [5, 5.41) is 9.22. The molecule has 0 aromatic heterocycles. The number of aliphatic hydroxyl groups is 1. The van der Waals surface area contributed by atoms with Gasteiger partial charge >= 0.3 is 0 Å². The van der Waals surface area contributed by atoms with Gasteiger partial charge in [0.15, 0.2) is 0 Å². The van der Waals surface area contributed by atoms with Crippen LogP contribution in [-0.2, 0) is 0 Å². The fourth-order valence-corrected chi connectivity index (χ4v) is 0.846. The molecule has 12 heavy (non-hydrogen) atoms. The van der Waals surface area contributed by atoms with Crippen molar-refractivity contribution in [3.63, 3.8) is 0 Å². The normalized spacial score (nSPS) is 15.0. The Hall–Kier alpha value is -0.120. The van der Waals surface area contributed by atoms with E-state index in [1.54, 1.807) is 0 Å². The molecule has 0 aromatic carbocycles. The van der Waals surface area contributed by atoms with Gasteiger partial charge in [0.05, 0.1) is 6.10 Å². The van der Waals surface area contributed by atoms with Crippen LogP contribution in [0.1, 0.15) is 27.2 Å². The van der Waals surface area contributed by atoms with E-state index in [0.29, 0.717) is 0 Å². The number of aliphatic hydroxyl groups excluding tert-OH is 1. The standard InChI is InChI=1S/C7H18N2O.C2H6/c1-4-7(10)6(8)5-9(2)3;1-2/h6-7,10H,4-5,8H2,1-3H3;1-2H3. The van der Waals surface area contributed by atoms with Crippen molar-refractivity contribution in [1.82, 2.24) is 4.90 Å². The summed E-state index contributed by atoms with van der Waals surface area (Å²) < 4.78 is 0. The molecule has 0 aromatic rings. The van der Waals surface area contributed by atoms with Crippen LogP contribution in [0.15, 0.2) is 0 Å². The number of rotatable bonds is 4. The highest BCUT2D eigenvalue weighted by molar-refractivity contribution is 4.72. The quantitative estimate of drug-likeness (QED) is 0.662. The Labute approximate surface area is 76.6 Å². The molecule has 2 atom stereocenters. The summed E-state index contributed by atoms with van der Waals surface area (Å²) in [5.41, 5.74) is 5.64. The smallest absolute Gasteiger partial charge is 0.0701 e. The van der Waals surface area contributed by atoms with Crippen LogP contribution in [0.3, 0.4) is 0 Å². The average molecular weight is 176 g/mol. The third-order valence-corrected chi connectivity index (χ3v) is 1.49. The first kappa shape index (κ1) is 14.4. The monoisotopic (exact) mass is 176 g/mol. The van der Waals surface area contributed by atoms with Crippen molar-refractivity contribution in [3.05, 3.63) is 0 Å². The van der Waals surface area contributed by atoms with E-state index in [1.807, 2.05) is 39.8 Å². The molecule has 0 aliphatic rings. The molecule has 2 unspecified atom stereocenters. The van der Waals surface area contributed by atoms with E-state index in [1.165, 1.54) is 0 Å². The zero-order valence-electron chi connectivity index (χ0n) is 9.04. The molecule has 0 radical (unpaired) electrons. The predicted octanol–water partition coefficient (Wildman–Crippen LogP) is 0.672.